The van der Waals surface area contributed by atoms with Crippen LogP contribution in [0.2, 0.25) is 0 Å². The van der Waals surface area contributed by atoms with Gasteiger partial charge in [-0.2, -0.15) is 0 Å². The first-order valence-electron chi connectivity index (χ1n) is 6.25. The van der Waals surface area contributed by atoms with Gasteiger partial charge in [0, 0.05) is 39.1 Å². The average molecular weight is 362 g/mol. The highest BCUT2D eigenvalue weighted by Gasteiger charge is 2.59. The predicted molar refractivity (Wildman–Crippen MR) is 80.1 cm³/mol. The molecule has 0 amide bonds. The highest BCUT2D eigenvalue weighted by Crippen LogP contribution is 2.22. The lowest BCUT2D eigenvalue weighted by Crippen LogP contribution is -2.59. The molecule has 0 N–H and O–H groups in total. The van der Waals surface area contributed by atoms with E-state index in [0.717, 1.165) is 39.1 Å². The zero-order valence-corrected chi connectivity index (χ0v) is 15.2. The summed E-state index contributed by atoms with van der Waals surface area (Å²) in [7, 11) is -8.37. The maximum Gasteiger partial charge on any atom is 0.659 e. The molecule has 9 nitrogen and oxygen atoms in total. The van der Waals surface area contributed by atoms with E-state index in [0.29, 0.717) is 0 Å². The van der Waals surface area contributed by atoms with Gasteiger partial charge in [0.15, 0.2) is 0 Å². The van der Waals surface area contributed by atoms with Gasteiger partial charge in [-0.25, -0.2) is 0 Å². The van der Waals surface area contributed by atoms with Crippen molar-refractivity contribution >= 4 is 41.5 Å². The summed E-state index contributed by atoms with van der Waals surface area (Å²) in [6.45, 7) is 11.0. The molecule has 0 unspecified atom stereocenters. The largest absolute Gasteiger partial charge is 0.659 e. The summed E-state index contributed by atoms with van der Waals surface area (Å²) in [5, 5.41) is 0. The molecule has 0 aliphatic rings. The summed E-state index contributed by atoms with van der Waals surface area (Å²) in [4.78, 5) is 45.1. The molecule has 0 aromatic rings. The van der Waals surface area contributed by atoms with E-state index in [9.17, 15) is 19.2 Å². The van der Waals surface area contributed by atoms with Crippen molar-refractivity contribution in [3.8, 4) is 0 Å². The minimum atomic E-state index is -4.18. The Bertz CT molecular complexity index is 451. The van der Waals surface area contributed by atoms with Crippen LogP contribution < -0.4 is 0 Å². The van der Waals surface area contributed by atoms with Crippen LogP contribution in [0.1, 0.15) is 27.7 Å². The molecule has 11 heteroatoms. The lowest BCUT2D eigenvalue weighted by molar-refractivity contribution is -0.143. The molecule has 0 aliphatic carbocycles. The Hall–Kier alpha value is -2.25. The smallest absolute Gasteiger partial charge is 0.462 e. The quantitative estimate of drug-likeness (QED) is 0.572. The van der Waals surface area contributed by atoms with E-state index in [1.165, 1.54) is 0 Å². The van der Waals surface area contributed by atoms with Crippen molar-refractivity contribution in [2.45, 2.75) is 27.7 Å². The molecule has 23 heavy (non-hydrogen) atoms. The minimum absolute atomic E-state index is 0.838. The van der Waals surface area contributed by atoms with Gasteiger partial charge in [0.2, 0.25) is 0 Å². The predicted octanol–water partition coefficient (Wildman–Crippen LogP) is 0.584. The van der Waals surface area contributed by atoms with Crippen LogP contribution in [-0.4, -0.2) is 41.5 Å². The Labute approximate surface area is 135 Å². The van der Waals surface area contributed by atoms with Gasteiger partial charge in [-0.3, -0.25) is 19.2 Å². The molecule has 0 aromatic heterocycles. The molecule has 0 bridgehead atoms. The highest BCUT2D eigenvalue weighted by atomic mass is 28.5. The number of carbonyl (C=O) groups excluding carboxylic acids is 4. The first kappa shape index (κ1) is 20.8. The van der Waals surface area contributed by atoms with Crippen LogP contribution >= 0.6 is 0 Å². The van der Waals surface area contributed by atoms with Crippen molar-refractivity contribution in [2.24, 2.45) is 0 Å². The molecule has 0 aromatic carbocycles. The fourth-order valence-electron chi connectivity index (χ4n) is 1.37. The molecular formula is C12H18O9Si2. The lowest BCUT2D eigenvalue weighted by Gasteiger charge is -2.31. The van der Waals surface area contributed by atoms with Gasteiger partial charge in [-0.15, -0.1) is 0 Å². The maximum atomic E-state index is 11.3. The third kappa shape index (κ3) is 7.03. The zero-order chi connectivity index (χ0) is 18.3. The second kappa shape index (κ2) is 8.40. The Morgan fingerprint density at radius 1 is 0.652 bits per heavy atom. The van der Waals surface area contributed by atoms with E-state index >= 15 is 0 Å². The van der Waals surface area contributed by atoms with Crippen molar-refractivity contribution < 1.29 is 41.0 Å². The van der Waals surface area contributed by atoms with Crippen LogP contribution in [0.3, 0.4) is 0 Å². The molecule has 0 heterocycles. The minimum Gasteiger partial charge on any atom is -0.462 e. The van der Waals surface area contributed by atoms with Crippen LogP contribution in [0.4, 0.5) is 0 Å². The molecule has 128 valence electrons. The normalized spacial score (nSPS) is 11.0. The van der Waals surface area contributed by atoms with E-state index in [2.05, 4.69) is 13.2 Å². The standard InChI is InChI=1S/C12H18O9Si2/c1-7-22(17-9(3)13,18-10(4)14)21-23(8-2,19-11(5)15)20-12(6)16/h7-8H,1-2H2,3-6H3. The Balaban J connectivity index is 5.89. The first-order chi connectivity index (χ1) is 10.5. The number of hydrogen-bond acceptors (Lipinski definition) is 9. The second-order valence-electron chi connectivity index (χ2n) is 4.09. The summed E-state index contributed by atoms with van der Waals surface area (Å²) < 4.78 is 25.2. The van der Waals surface area contributed by atoms with E-state index < -0.39 is 41.5 Å². The lowest BCUT2D eigenvalue weighted by atomic mass is 10.9. The van der Waals surface area contributed by atoms with Gasteiger partial charge in [-0.1, -0.05) is 13.2 Å². The van der Waals surface area contributed by atoms with Gasteiger partial charge in [-0.05, 0) is 0 Å². The summed E-state index contributed by atoms with van der Waals surface area (Å²) in [5.74, 6) is -3.35. The van der Waals surface area contributed by atoms with Gasteiger partial charge >= 0.3 is 17.6 Å². The van der Waals surface area contributed by atoms with Crippen LogP contribution in [-0.2, 0) is 41.0 Å². The van der Waals surface area contributed by atoms with Crippen molar-refractivity contribution in [3.05, 3.63) is 24.6 Å². The highest BCUT2D eigenvalue weighted by molar-refractivity contribution is 6.82. The molecule has 0 saturated carbocycles. The Kier molecular flexibility index (Phi) is 7.58. The van der Waals surface area contributed by atoms with Gasteiger partial charge in [0.05, 0.1) is 0 Å². The molecule has 0 aliphatic heterocycles. The SMILES string of the molecule is C=C[Si](OC(C)=O)(OC(C)=O)O[Si](C=C)(OC(C)=O)OC(C)=O. The number of carbonyl (C=O) groups is 4. The Morgan fingerprint density at radius 2 is 0.870 bits per heavy atom. The van der Waals surface area contributed by atoms with Crippen LogP contribution in [0.5, 0.6) is 0 Å². The van der Waals surface area contributed by atoms with Crippen molar-refractivity contribution in [2.75, 3.05) is 0 Å². The average Bonchev–Trinajstić information content (AvgIpc) is 2.35. The molecule has 0 saturated heterocycles. The van der Waals surface area contributed by atoms with E-state index in [-0.39, 0.29) is 0 Å². The summed E-state index contributed by atoms with van der Waals surface area (Å²) >= 11 is 0. The van der Waals surface area contributed by atoms with E-state index in [1.54, 1.807) is 0 Å². The monoisotopic (exact) mass is 362 g/mol. The van der Waals surface area contributed by atoms with Gasteiger partial charge < -0.3 is 21.8 Å². The third-order valence-corrected chi connectivity index (χ3v) is 7.49. The third-order valence-electron chi connectivity index (χ3n) is 1.93. The van der Waals surface area contributed by atoms with Gasteiger partial charge in [0.1, 0.15) is 0 Å². The fourth-order valence-corrected chi connectivity index (χ4v) is 6.31. The van der Waals surface area contributed by atoms with E-state index in [4.69, 9.17) is 21.8 Å². The zero-order valence-electron chi connectivity index (χ0n) is 13.2. The number of hydrogen-bond donors (Lipinski definition) is 0. The molecule has 0 rings (SSSR count). The van der Waals surface area contributed by atoms with E-state index in [1.807, 2.05) is 0 Å². The summed E-state index contributed by atoms with van der Waals surface area (Å²) in [5.41, 5.74) is 1.93. The van der Waals surface area contributed by atoms with Crippen LogP contribution in [0.25, 0.3) is 0 Å². The summed E-state index contributed by atoms with van der Waals surface area (Å²) in [6.07, 6.45) is 0. The number of rotatable bonds is 8. The molecule has 0 radical (unpaired) electrons. The maximum absolute atomic E-state index is 11.3. The molecular weight excluding hydrogens is 344 g/mol. The first-order valence-corrected chi connectivity index (χ1v) is 9.86. The summed E-state index contributed by atoms with van der Waals surface area (Å²) in [6, 6.07) is 0. The fraction of sp³-hybridized carbons (Fsp3) is 0.333. The topological polar surface area (TPSA) is 114 Å². The molecule has 0 fully saturated rings. The van der Waals surface area contributed by atoms with Crippen molar-refractivity contribution in [3.63, 3.8) is 0 Å². The molecule has 0 atom stereocenters. The Morgan fingerprint density at radius 3 is 1.00 bits per heavy atom. The van der Waals surface area contributed by atoms with Crippen LogP contribution in [0, 0.1) is 0 Å². The van der Waals surface area contributed by atoms with Gasteiger partial charge in [0.25, 0.3) is 23.9 Å². The van der Waals surface area contributed by atoms with Crippen molar-refractivity contribution in [1.82, 2.24) is 0 Å². The molecule has 0 spiro atoms. The van der Waals surface area contributed by atoms with Crippen molar-refractivity contribution in [1.29, 1.82) is 0 Å². The van der Waals surface area contributed by atoms with Crippen LogP contribution in [0.15, 0.2) is 24.6 Å². The second-order valence-corrected chi connectivity index (χ2v) is 8.96.